The summed E-state index contributed by atoms with van der Waals surface area (Å²) in [7, 11) is 1.58. The van der Waals surface area contributed by atoms with Crippen LogP contribution in [0.1, 0.15) is 43.1 Å². The molecular formula is C22H26N4O3S. The van der Waals surface area contributed by atoms with Gasteiger partial charge in [-0.05, 0) is 43.0 Å². The van der Waals surface area contributed by atoms with Crippen molar-refractivity contribution < 1.29 is 9.53 Å². The zero-order valence-corrected chi connectivity index (χ0v) is 18.1. The molecule has 0 aliphatic carbocycles. The summed E-state index contributed by atoms with van der Waals surface area (Å²) in [6.45, 7) is 3.63. The van der Waals surface area contributed by atoms with Crippen molar-refractivity contribution in [2.24, 2.45) is 5.92 Å². The molecule has 0 radical (unpaired) electrons. The van der Waals surface area contributed by atoms with Gasteiger partial charge in [-0.1, -0.05) is 19.8 Å². The summed E-state index contributed by atoms with van der Waals surface area (Å²) in [4.78, 5) is 28.3. The summed E-state index contributed by atoms with van der Waals surface area (Å²) in [5, 5.41) is 7.54. The van der Waals surface area contributed by atoms with Crippen LogP contribution in [0.3, 0.4) is 0 Å². The molecule has 1 aliphatic rings. The maximum Gasteiger partial charge on any atom is 0.282 e. The number of rotatable bonds is 5. The lowest BCUT2D eigenvalue weighted by Crippen LogP contribution is -2.39. The van der Waals surface area contributed by atoms with Gasteiger partial charge in [0.25, 0.3) is 11.5 Å². The van der Waals surface area contributed by atoms with E-state index in [-0.39, 0.29) is 17.2 Å². The summed E-state index contributed by atoms with van der Waals surface area (Å²) in [6, 6.07) is 6.99. The molecule has 1 aromatic carbocycles. The van der Waals surface area contributed by atoms with Crippen LogP contribution in [0.5, 0.6) is 5.75 Å². The van der Waals surface area contributed by atoms with Gasteiger partial charge in [-0.25, -0.2) is 0 Å². The van der Waals surface area contributed by atoms with Crippen molar-refractivity contribution in [2.75, 3.05) is 25.9 Å². The number of benzene rings is 1. The van der Waals surface area contributed by atoms with E-state index in [1.54, 1.807) is 36.8 Å². The highest BCUT2D eigenvalue weighted by Gasteiger charge is 2.27. The van der Waals surface area contributed by atoms with Crippen molar-refractivity contribution in [3.63, 3.8) is 0 Å². The number of amides is 1. The maximum absolute atomic E-state index is 13.4. The van der Waals surface area contributed by atoms with Gasteiger partial charge in [0.05, 0.1) is 23.2 Å². The topological polar surface area (TPSA) is 90.5 Å². The predicted molar refractivity (Wildman–Crippen MR) is 120 cm³/mol. The van der Waals surface area contributed by atoms with Crippen molar-refractivity contribution in [2.45, 2.75) is 32.6 Å². The number of ether oxygens (including phenoxy) is 1. The molecule has 3 heterocycles. The molecule has 158 valence electrons. The van der Waals surface area contributed by atoms with E-state index in [9.17, 15) is 9.59 Å². The van der Waals surface area contributed by atoms with E-state index in [4.69, 9.17) is 10.5 Å². The van der Waals surface area contributed by atoms with Crippen molar-refractivity contribution in [3.05, 3.63) is 45.7 Å². The number of piperidine rings is 1. The SMILES string of the molecule is CCCC1CCN(C(=O)c2nn(-c3ccc(OC)cc3)c(=O)c3c(N)scc23)CC1. The van der Waals surface area contributed by atoms with Crippen LogP contribution in [-0.4, -0.2) is 40.8 Å². The Labute approximate surface area is 179 Å². The Bertz CT molecular complexity index is 1110. The van der Waals surface area contributed by atoms with Crippen LogP contribution in [0, 0.1) is 5.92 Å². The maximum atomic E-state index is 13.4. The third kappa shape index (κ3) is 3.67. The number of thiophene rings is 1. The zero-order chi connectivity index (χ0) is 21.3. The van der Waals surface area contributed by atoms with Crippen LogP contribution in [0.15, 0.2) is 34.4 Å². The normalized spacial score (nSPS) is 14.9. The van der Waals surface area contributed by atoms with Gasteiger partial charge in [0, 0.05) is 23.9 Å². The number of carbonyl (C=O) groups is 1. The van der Waals surface area contributed by atoms with Gasteiger partial charge in [-0.2, -0.15) is 9.78 Å². The number of carbonyl (C=O) groups excluding carboxylic acids is 1. The molecule has 1 fully saturated rings. The summed E-state index contributed by atoms with van der Waals surface area (Å²) >= 11 is 1.26. The van der Waals surface area contributed by atoms with Crippen LogP contribution >= 0.6 is 11.3 Å². The molecule has 0 spiro atoms. The second-order valence-corrected chi connectivity index (χ2v) is 8.59. The van der Waals surface area contributed by atoms with E-state index in [2.05, 4.69) is 12.0 Å². The van der Waals surface area contributed by atoms with E-state index >= 15 is 0 Å². The monoisotopic (exact) mass is 426 g/mol. The van der Waals surface area contributed by atoms with Crippen LogP contribution in [0.4, 0.5) is 5.00 Å². The molecule has 2 N–H and O–H groups in total. The first kappa shape index (κ1) is 20.4. The molecule has 3 aromatic rings. The van der Waals surface area contributed by atoms with Gasteiger partial charge in [0.15, 0.2) is 5.69 Å². The Morgan fingerprint density at radius 2 is 1.97 bits per heavy atom. The van der Waals surface area contributed by atoms with Crippen molar-refractivity contribution in [1.29, 1.82) is 0 Å². The Balaban J connectivity index is 1.75. The average molecular weight is 427 g/mol. The molecule has 7 nitrogen and oxygen atoms in total. The largest absolute Gasteiger partial charge is 0.497 e. The summed E-state index contributed by atoms with van der Waals surface area (Å²) < 4.78 is 6.46. The van der Waals surface area contributed by atoms with E-state index in [1.807, 2.05) is 4.90 Å². The minimum absolute atomic E-state index is 0.144. The Morgan fingerprint density at radius 3 is 2.60 bits per heavy atom. The summed E-state index contributed by atoms with van der Waals surface area (Å²) in [6.07, 6.45) is 4.38. The molecule has 8 heteroatoms. The average Bonchev–Trinajstić information content (AvgIpc) is 3.17. The molecule has 2 aromatic heterocycles. The Hall–Kier alpha value is -2.87. The molecule has 1 aliphatic heterocycles. The molecular weight excluding hydrogens is 400 g/mol. The summed E-state index contributed by atoms with van der Waals surface area (Å²) in [5.41, 5.74) is 6.61. The van der Waals surface area contributed by atoms with Gasteiger partial charge in [-0.15, -0.1) is 11.3 Å². The minimum Gasteiger partial charge on any atom is -0.497 e. The lowest BCUT2D eigenvalue weighted by molar-refractivity contribution is 0.0681. The molecule has 0 atom stereocenters. The first-order chi connectivity index (χ1) is 14.5. The second kappa shape index (κ2) is 8.47. The first-order valence-corrected chi connectivity index (χ1v) is 11.1. The third-order valence-electron chi connectivity index (χ3n) is 5.80. The highest BCUT2D eigenvalue weighted by molar-refractivity contribution is 7.15. The number of nitrogen functional groups attached to an aromatic ring is 1. The van der Waals surface area contributed by atoms with E-state index < -0.39 is 0 Å². The minimum atomic E-state index is -0.327. The second-order valence-electron chi connectivity index (χ2n) is 7.68. The number of methoxy groups -OCH3 is 1. The number of aromatic nitrogens is 2. The van der Waals surface area contributed by atoms with E-state index in [0.717, 1.165) is 12.8 Å². The lowest BCUT2D eigenvalue weighted by Gasteiger charge is -2.31. The highest BCUT2D eigenvalue weighted by Crippen LogP contribution is 2.29. The molecule has 0 bridgehead atoms. The van der Waals surface area contributed by atoms with Gasteiger partial charge >= 0.3 is 0 Å². The molecule has 4 rings (SSSR count). The highest BCUT2D eigenvalue weighted by atomic mass is 32.1. The number of fused-ring (bicyclic) bond motifs is 1. The third-order valence-corrected chi connectivity index (χ3v) is 6.61. The number of likely N-dealkylation sites (tertiary alicyclic amines) is 1. The quantitative estimate of drug-likeness (QED) is 0.672. The van der Waals surface area contributed by atoms with Crippen LogP contribution in [0.2, 0.25) is 0 Å². The number of nitrogens with two attached hydrogens (primary N) is 1. The zero-order valence-electron chi connectivity index (χ0n) is 17.3. The van der Waals surface area contributed by atoms with Gasteiger partial charge < -0.3 is 15.4 Å². The predicted octanol–water partition coefficient (Wildman–Crippen LogP) is 3.69. The fraction of sp³-hybridized carbons (Fsp3) is 0.409. The Morgan fingerprint density at radius 1 is 1.27 bits per heavy atom. The first-order valence-electron chi connectivity index (χ1n) is 10.3. The fourth-order valence-electron chi connectivity index (χ4n) is 4.11. The number of hydrogen-bond donors (Lipinski definition) is 1. The van der Waals surface area contributed by atoms with Crippen molar-refractivity contribution >= 4 is 33.0 Å². The lowest BCUT2D eigenvalue weighted by atomic mass is 9.92. The number of anilines is 1. The van der Waals surface area contributed by atoms with Gasteiger partial charge in [0.2, 0.25) is 0 Å². The van der Waals surface area contributed by atoms with E-state index in [1.165, 1.54) is 28.9 Å². The number of nitrogens with zero attached hydrogens (tertiary/aromatic N) is 3. The molecule has 0 unspecified atom stereocenters. The van der Waals surface area contributed by atoms with E-state index in [0.29, 0.717) is 46.2 Å². The van der Waals surface area contributed by atoms with Crippen LogP contribution < -0.4 is 16.0 Å². The molecule has 30 heavy (non-hydrogen) atoms. The molecule has 1 saturated heterocycles. The summed E-state index contributed by atoms with van der Waals surface area (Å²) in [5.74, 6) is 1.21. The Kier molecular flexibility index (Phi) is 5.76. The standard InChI is InChI=1S/C22H26N4O3S/c1-3-4-14-9-11-25(12-10-14)22(28)19-17-13-30-20(23)18(17)21(27)26(24-19)15-5-7-16(29-2)8-6-15/h5-8,13-14H,3-4,9-12,23H2,1-2H3. The van der Waals surface area contributed by atoms with Gasteiger partial charge in [-0.3, -0.25) is 9.59 Å². The molecule has 1 amide bonds. The van der Waals surface area contributed by atoms with Crippen molar-refractivity contribution in [1.82, 2.24) is 14.7 Å². The number of hydrogen-bond acceptors (Lipinski definition) is 6. The van der Waals surface area contributed by atoms with Crippen LogP contribution in [0.25, 0.3) is 16.5 Å². The van der Waals surface area contributed by atoms with Crippen molar-refractivity contribution in [3.8, 4) is 11.4 Å². The molecule has 0 saturated carbocycles. The van der Waals surface area contributed by atoms with Crippen LogP contribution in [-0.2, 0) is 0 Å². The van der Waals surface area contributed by atoms with Gasteiger partial charge in [0.1, 0.15) is 5.75 Å². The smallest absolute Gasteiger partial charge is 0.282 e. The fourth-order valence-corrected chi connectivity index (χ4v) is 4.90.